The Hall–Kier alpha value is -2.64. The summed E-state index contributed by atoms with van der Waals surface area (Å²) in [5, 5.41) is 2.74. The third-order valence-corrected chi connectivity index (χ3v) is 10.6. The number of benzene rings is 2. The lowest BCUT2D eigenvalue weighted by Crippen LogP contribution is -2.46. The molecular formula is C28H41NO5Si. The molecule has 0 aliphatic carbocycles. The second kappa shape index (κ2) is 11.9. The first-order valence-corrected chi connectivity index (χ1v) is 15.0. The van der Waals surface area contributed by atoms with Crippen LogP contribution in [0.3, 0.4) is 0 Å². The van der Waals surface area contributed by atoms with Crippen molar-refractivity contribution >= 4 is 20.4 Å². The van der Waals surface area contributed by atoms with Gasteiger partial charge in [0, 0.05) is 13.0 Å². The molecule has 192 valence electrons. The average molecular weight is 500 g/mol. The Morgan fingerprint density at radius 2 is 1.34 bits per heavy atom. The molecule has 35 heavy (non-hydrogen) atoms. The van der Waals surface area contributed by atoms with Gasteiger partial charge in [-0.05, 0) is 50.0 Å². The maximum Gasteiger partial charge on any atom is 0.408 e. The van der Waals surface area contributed by atoms with Crippen LogP contribution in [0, 0.1) is 0 Å². The van der Waals surface area contributed by atoms with Gasteiger partial charge in [0.25, 0.3) is 0 Å². The Labute approximate surface area is 211 Å². The van der Waals surface area contributed by atoms with Crippen molar-refractivity contribution in [3.63, 3.8) is 0 Å². The molecule has 0 spiro atoms. The van der Waals surface area contributed by atoms with E-state index in [0.717, 1.165) is 11.1 Å². The van der Waals surface area contributed by atoms with E-state index < -0.39 is 38.1 Å². The van der Waals surface area contributed by atoms with E-state index in [9.17, 15) is 9.59 Å². The molecule has 1 atom stereocenters. The fourth-order valence-electron chi connectivity index (χ4n) is 3.13. The van der Waals surface area contributed by atoms with E-state index in [2.05, 4.69) is 39.2 Å². The van der Waals surface area contributed by atoms with Crippen LogP contribution in [0.4, 0.5) is 4.79 Å². The molecule has 0 saturated carbocycles. The van der Waals surface area contributed by atoms with Gasteiger partial charge in [-0.15, -0.1) is 0 Å². The first-order chi connectivity index (χ1) is 16.2. The maximum absolute atomic E-state index is 13.4. The zero-order valence-electron chi connectivity index (χ0n) is 22.4. The summed E-state index contributed by atoms with van der Waals surface area (Å²) in [6.45, 7) is 16.5. The average Bonchev–Trinajstić information content (AvgIpc) is 2.75. The Morgan fingerprint density at radius 1 is 0.857 bits per heavy atom. The van der Waals surface area contributed by atoms with Crippen molar-refractivity contribution in [3.8, 4) is 0 Å². The topological polar surface area (TPSA) is 73.9 Å². The van der Waals surface area contributed by atoms with E-state index in [1.165, 1.54) is 0 Å². The number of hydrogen-bond donors (Lipinski definition) is 1. The molecule has 7 heteroatoms. The van der Waals surface area contributed by atoms with E-state index in [-0.39, 0.29) is 11.5 Å². The van der Waals surface area contributed by atoms with Gasteiger partial charge in [-0.2, -0.15) is 0 Å². The lowest BCUT2D eigenvalue weighted by atomic mass is 10.0. The van der Waals surface area contributed by atoms with Gasteiger partial charge in [-0.3, -0.25) is 0 Å². The summed E-state index contributed by atoms with van der Waals surface area (Å²) >= 11 is 0. The van der Waals surface area contributed by atoms with E-state index >= 15 is 0 Å². The minimum atomic E-state index is -2.02. The highest BCUT2D eigenvalue weighted by molar-refractivity contribution is 6.74. The molecule has 0 aliphatic rings. The van der Waals surface area contributed by atoms with E-state index in [1.807, 2.05) is 60.7 Å². The molecule has 0 aliphatic heterocycles. The lowest BCUT2D eigenvalue weighted by molar-refractivity contribution is -0.150. The van der Waals surface area contributed by atoms with Crippen molar-refractivity contribution in [1.29, 1.82) is 0 Å². The summed E-state index contributed by atoms with van der Waals surface area (Å²) in [5.74, 6) is -0.535. The van der Waals surface area contributed by atoms with Crippen LogP contribution in [0.25, 0.3) is 0 Å². The number of amides is 1. The number of hydrogen-bond acceptors (Lipinski definition) is 5. The van der Waals surface area contributed by atoms with E-state index in [1.54, 1.807) is 20.8 Å². The maximum atomic E-state index is 13.4. The normalized spacial score (nSPS) is 13.3. The van der Waals surface area contributed by atoms with E-state index in [4.69, 9.17) is 13.9 Å². The van der Waals surface area contributed by atoms with Crippen molar-refractivity contribution in [2.75, 3.05) is 6.61 Å². The van der Waals surface area contributed by atoms with Crippen molar-refractivity contribution in [1.82, 2.24) is 5.32 Å². The van der Waals surface area contributed by atoms with Crippen molar-refractivity contribution in [3.05, 3.63) is 71.8 Å². The smallest absolute Gasteiger partial charge is 0.408 e. The van der Waals surface area contributed by atoms with Crippen LogP contribution >= 0.6 is 0 Å². The van der Waals surface area contributed by atoms with Crippen molar-refractivity contribution < 1.29 is 23.5 Å². The van der Waals surface area contributed by atoms with Crippen LogP contribution in [0.15, 0.2) is 60.7 Å². The molecule has 0 bridgehead atoms. The summed E-state index contributed by atoms with van der Waals surface area (Å²) < 4.78 is 17.7. The largest absolute Gasteiger partial charge is 0.451 e. The van der Waals surface area contributed by atoms with Crippen LogP contribution in [-0.4, -0.2) is 38.6 Å². The Balaban J connectivity index is 2.23. The highest BCUT2D eigenvalue weighted by atomic mass is 28.4. The molecule has 2 aromatic rings. The number of carbonyl (C=O) groups excluding carboxylic acids is 2. The van der Waals surface area contributed by atoms with Gasteiger partial charge in [0.15, 0.2) is 14.4 Å². The summed E-state index contributed by atoms with van der Waals surface area (Å²) in [5.41, 5.74) is 1.01. The van der Waals surface area contributed by atoms with E-state index in [0.29, 0.717) is 6.61 Å². The molecule has 1 amide bonds. The standard InChI is InChI=1S/C28H41NO5Si/c1-27(2,3)34-26(31)29-23(19-20-32-35(7,8)28(4,5)6)25(30)33-24(21-15-11-9-12-16-21)22-17-13-10-14-18-22/h9-18,23-24H,19-20H2,1-8H3,(H,29,31)/t23-/m0/s1. The van der Waals surface area contributed by atoms with Gasteiger partial charge in [0.1, 0.15) is 11.6 Å². The third-order valence-electron chi connectivity index (χ3n) is 6.09. The predicted octanol–water partition coefficient (Wildman–Crippen LogP) is 6.62. The Morgan fingerprint density at radius 3 is 1.77 bits per heavy atom. The SMILES string of the molecule is CC(C)(C)OC(=O)N[C@@H](CCO[Si](C)(C)C(C)(C)C)C(=O)OC(c1ccccc1)c1ccccc1. The van der Waals surface area contributed by atoms with Gasteiger partial charge >= 0.3 is 12.1 Å². The minimum absolute atomic E-state index is 0.0350. The summed E-state index contributed by atoms with van der Waals surface area (Å²) in [4.78, 5) is 26.0. The Kier molecular flexibility index (Phi) is 9.69. The second-order valence-corrected chi connectivity index (χ2v) is 16.0. The molecule has 0 fully saturated rings. The van der Waals surface area contributed by atoms with Gasteiger partial charge in [-0.1, -0.05) is 81.4 Å². The van der Waals surface area contributed by atoms with Gasteiger partial charge < -0.3 is 19.2 Å². The lowest BCUT2D eigenvalue weighted by Gasteiger charge is -2.36. The number of carbonyl (C=O) groups is 2. The highest BCUT2D eigenvalue weighted by Gasteiger charge is 2.37. The summed E-state index contributed by atoms with van der Waals surface area (Å²) in [7, 11) is -2.02. The molecule has 0 heterocycles. The Bertz CT molecular complexity index is 909. The molecule has 0 unspecified atom stereocenters. The zero-order valence-corrected chi connectivity index (χ0v) is 23.4. The molecule has 0 radical (unpaired) electrons. The van der Waals surface area contributed by atoms with Crippen molar-refractivity contribution in [2.24, 2.45) is 0 Å². The molecular weight excluding hydrogens is 458 g/mol. The van der Waals surface area contributed by atoms with Crippen molar-refractivity contribution in [2.45, 2.75) is 83.8 Å². The minimum Gasteiger partial charge on any atom is -0.451 e. The first-order valence-electron chi connectivity index (χ1n) is 12.1. The number of nitrogens with one attached hydrogen (secondary N) is 1. The number of esters is 1. The summed E-state index contributed by atoms with van der Waals surface area (Å²) in [6.07, 6.45) is -0.988. The van der Waals surface area contributed by atoms with Gasteiger partial charge in [-0.25, -0.2) is 9.59 Å². The van der Waals surface area contributed by atoms with Crippen LogP contribution < -0.4 is 5.32 Å². The number of rotatable bonds is 9. The molecule has 0 saturated heterocycles. The monoisotopic (exact) mass is 499 g/mol. The number of ether oxygens (including phenoxy) is 2. The third kappa shape index (κ3) is 9.15. The number of alkyl carbamates (subject to hydrolysis) is 1. The van der Waals surface area contributed by atoms with Gasteiger partial charge in [0.2, 0.25) is 0 Å². The van der Waals surface area contributed by atoms with Crippen LogP contribution in [0.1, 0.15) is 65.2 Å². The summed E-state index contributed by atoms with van der Waals surface area (Å²) in [6, 6.07) is 18.2. The second-order valence-electron chi connectivity index (χ2n) is 11.2. The highest BCUT2D eigenvalue weighted by Crippen LogP contribution is 2.36. The van der Waals surface area contributed by atoms with Gasteiger partial charge in [0.05, 0.1) is 0 Å². The van der Waals surface area contributed by atoms with Crippen LogP contribution in [0.5, 0.6) is 0 Å². The van der Waals surface area contributed by atoms with Crippen LogP contribution in [0.2, 0.25) is 18.1 Å². The fourth-order valence-corrected chi connectivity index (χ4v) is 4.19. The van der Waals surface area contributed by atoms with Crippen LogP contribution in [-0.2, 0) is 18.7 Å². The zero-order chi connectivity index (χ0) is 26.3. The molecule has 6 nitrogen and oxygen atoms in total. The molecule has 0 aromatic heterocycles. The fraction of sp³-hybridized carbons (Fsp3) is 0.500. The molecule has 2 rings (SSSR count). The molecule has 2 aromatic carbocycles. The quantitative estimate of drug-likeness (QED) is 0.310. The molecule has 1 N–H and O–H groups in total. The first kappa shape index (κ1) is 28.6. The predicted molar refractivity (Wildman–Crippen MR) is 142 cm³/mol.